The van der Waals surface area contributed by atoms with Gasteiger partial charge in [0.05, 0.1) is 0 Å². The van der Waals surface area contributed by atoms with Gasteiger partial charge < -0.3 is 10.4 Å². The summed E-state index contributed by atoms with van der Waals surface area (Å²) in [6, 6.07) is 9.50. The van der Waals surface area contributed by atoms with Crippen LogP contribution in [-0.2, 0) is 9.59 Å². The van der Waals surface area contributed by atoms with Gasteiger partial charge in [-0.05, 0) is 67.4 Å². The van der Waals surface area contributed by atoms with E-state index in [1.54, 1.807) is 0 Å². The number of benzene rings is 1. The Labute approximate surface area is 175 Å². The van der Waals surface area contributed by atoms with Crippen LogP contribution in [0.2, 0.25) is 0 Å². The van der Waals surface area contributed by atoms with Gasteiger partial charge in [0.15, 0.2) is 5.78 Å². The molecular weight excluding hydrogens is 370 g/mol. The van der Waals surface area contributed by atoms with E-state index in [9.17, 15) is 9.59 Å². The summed E-state index contributed by atoms with van der Waals surface area (Å²) in [6.45, 7) is 4.07. The van der Waals surface area contributed by atoms with Gasteiger partial charge in [-0.15, -0.1) is 0 Å². The van der Waals surface area contributed by atoms with Crippen LogP contribution in [0.3, 0.4) is 0 Å². The van der Waals surface area contributed by atoms with Crippen LogP contribution in [0.4, 0.5) is 5.69 Å². The van der Waals surface area contributed by atoms with Crippen LogP contribution in [0.15, 0.2) is 30.3 Å². The molecule has 1 rings (SSSR count). The molecule has 2 atom stereocenters. The third-order valence-corrected chi connectivity index (χ3v) is 5.68. The average molecular weight is 406 g/mol. The number of aliphatic hydroxyl groups is 1. The normalized spacial score (nSPS) is 13.0. The molecule has 0 heterocycles. The van der Waals surface area contributed by atoms with E-state index in [-0.39, 0.29) is 18.3 Å². The highest BCUT2D eigenvalue weighted by Crippen LogP contribution is 2.26. The Bertz CT molecular complexity index is 603. The maximum absolute atomic E-state index is 12.0. The number of hydrogen-bond acceptors (Lipinski definition) is 4. The van der Waals surface area contributed by atoms with E-state index in [1.807, 2.05) is 30.3 Å². The number of carbonyl (C=O) groups is 2. The van der Waals surface area contributed by atoms with Gasteiger partial charge in [-0.1, -0.05) is 50.7 Å². The number of Topliss-reactive ketones (excluding diaryl/α,β-unsaturated/α-hetero) is 1. The summed E-state index contributed by atoms with van der Waals surface area (Å²) < 4.78 is 0. The summed E-state index contributed by atoms with van der Waals surface area (Å²) in [5, 5.41) is 11.7. The molecule has 0 saturated heterocycles. The van der Waals surface area contributed by atoms with Gasteiger partial charge in [-0.2, -0.15) is 0 Å². The maximum atomic E-state index is 12.0. The van der Waals surface area contributed by atoms with E-state index < -0.39 is 0 Å². The quantitative estimate of drug-likeness (QED) is 0.305. The lowest BCUT2D eigenvalue weighted by molar-refractivity contribution is -0.122. The van der Waals surface area contributed by atoms with Crippen LogP contribution in [0.5, 0.6) is 0 Å². The SMILES string of the molecule is CCC(C)[C@@H](CCCC(=O)CO)CC(=S)CCCCC(=O)Nc1ccccc1. The molecule has 1 aromatic carbocycles. The monoisotopic (exact) mass is 405 g/mol. The van der Waals surface area contributed by atoms with Gasteiger partial charge in [-0.3, -0.25) is 9.59 Å². The number of rotatable bonds is 15. The van der Waals surface area contributed by atoms with E-state index in [4.69, 9.17) is 17.3 Å². The number of nitrogens with one attached hydrogen (secondary N) is 1. The lowest BCUT2D eigenvalue weighted by Crippen LogP contribution is -2.16. The highest BCUT2D eigenvalue weighted by molar-refractivity contribution is 7.80. The van der Waals surface area contributed by atoms with E-state index in [0.29, 0.717) is 24.7 Å². The Balaban J connectivity index is 2.27. The molecule has 2 N–H and O–H groups in total. The maximum Gasteiger partial charge on any atom is 0.224 e. The molecule has 0 aliphatic carbocycles. The molecule has 28 heavy (non-hydrogen) atoms. The van der Waals surface area contributed by atoms with Crippen LogP contribution < -0.4 is 5.32 Å². The van der Waals surface area contributed by atoms with E-state index >= 15 is 0 Å². The first kappa shape index (κ1) is 24.4. The molecule has 0 radical (unpaired) electrons. The molecule has 0 saturated carbocycles. The second-order valence-corrected chi connectivity index (χ2v) is 8.18. The number of unbranched alkanes of at least 4 members (excludes halogenated alkanes) is 1. The fourth-order valence-corrected chi connectivity index (χ4v) is 3.67. The largest absolute Gasteiger partial charge is 0.389 e. The number of anilines is 1. The number of aliphatic hydroxyl groups excluding tert-OH is 1. The topological polar surface area (TPSA) is 66.4 Å². The molecule has 1 unspecified atom stereocenters. The van der Waals surface area contributed by atoms with Crippen molar-refractivity contribution in [1.82, 2.24) is 0 Å². The Hall–Kier alpha value is -1.59. The molecule has 156 valence electrons. The molecule has 5 heteroatoms. The highest BCUT2D eigenvalue weighted by Gasteiger charge is 2.18. The number of thiocarbonyl (C=S) groups is 1. The molecule has 0 aliphatic heterocycles. The molecule has 0 bridgehead atoms. The summed E-state index contributed by atoms with van der Waals surface area (Å²) in [4.78, 5) is 24.3. The van der Waals surface area contributed by atoms with Crippen molar-refractivity contribution in [3.05, 3.63) is 30.3 Å². The third-order valence-electron chi connectivity index (χ3n) is 5.31. The van der Waals surface area contributed by atoms with Gasteiger partial charge in [-0.25, -0.2) is 0 Å². The zero-order chi connectivity index (χ0) is 20.8. The Morgan fingerprint density at radius 1 is 1.07 bits per heavy atom. The lowest BCUT2D eigenvalue weighted by Gasteiger charge is -2.23. The third kappa shape index (κ3) is 10.7. The lowest BCUT2D eigenvalue weighted by atomic mass is 9.83. The number of ketones is 1. The predicted octanol–water partition coefficient (Wildman–Crippen LogP) is 5.34. The molecule has 0 spiro atoms. The Morgan fingerprint density at radius 2 is 1.75 bits per heavy atom. The second kappa shape index (κ2) is 14.4. The molecular formula is C23H35NO3S. The minimum absolute atomic E-state index is 0.0446. The fraction of sp³-hybridized carbons (Fsp3) is 0.609. The van der Waals surface area contributed by atoms with Crippen LogP contribution in [-0.4, -0.2) is 28.3 Å². The Kier molecular flexibility index (Phi) is 12.6. The molecule has 1 aromatic rings. The minimum atomic E-state index is -0.357. The first-order valence-corrected chi connectivity index (χ1v) is 10.9. The molecule has 4 nitrogen and oxygen atoms in total. The van der Waals surface area contributed by atoms with E-state index in [2.05, 4.69) is 19.2 Å². The van der Waals surface area contributed by atoms with Gasteiger partial charge in [0.25, 0.3) is 0 Å². The minimum Gasteiger partial charge on any atom is -0.389 e. The smallest absolute Gasteiger partial charge is 0.224 e. The first-order valence-electron chi connectivity index (χ1n) is 10.4. The summed E-state index contributed by atoms with van der Waals surface area (Å²) in [5.41, 5.74) is 0.832. The van der Waals surface area contributed by atoms with Gasteiger partial charge in [0, 0.05) is 18.5 Å². The summed E-state index contributed by atoms with van der Waals surface area (Å²) in [6.07, 6.45) is 7.39. The predicted molar refractivity (Wildman–Crippen MR) is 120 cm³/mol. The number of amides is 1. The van der Waals surface area contributed by atoms with Gasteiger partial charge in [0.2, 0.25) is 5.91 Å². The van der Waals surface area contributed by atoms with Crippen molar-refractivity contribution in [3.63, 3.8) is 0 Å². The van der Waals surface area contributed by atoms with Crippen molar-refractivity contribution in [2.75, 3.05) is 11.9 Å². The molecule has 0 aromatic heterocycles. The molecule has 0 fully saturated rings. The van der Waals surface area contributed by atoms with Crippen molar-refractivity contribution >= 4 is 34.5 Å². The zero-order valence-electron chi connectivity index (χ0n) is 17.3. The van der Waals surface area contributed by atoms with E-state index in [1.165, 1.54) is 0 Å². The summed E-state index contributed by atoms with van der Waals surface area (Å²) in [7, 11) is 0. The van der Waals surface area contributed by atoms with Gasteiger partial charge in [0.1, 0.15) is 6.61 Å². The van der Waals surface area contributed by atoms with Crippen molar-refractivity contribution in [3.8, 4) is 0 Å². The van der Waals surface area contributed by atoms with Crippen molar-refractivity contribution in [2.45, 2.75) is 71.6 Å². The molecule has 0 aliphatic rings. The standard InChI is InChI=1S/C23H35NO3S/c1-3-18(2)19(10-9-13-21(26)17-25)16-22(28)14-7-8-15-23(27)24-20-11-5-4-6-12-20/h4-6,11-12,18-19,25H,3,7-10,13-17H2,1-2H3,(H,24,27)/t18?,19-/m0/s1. The summed E-state index contributed by atoms with van der Waals surface area (Å²) >= 11 is 5.60. The van der Waals surface area contributed by atoms with E-state index in [0.717, 1.165) is 55.5 Å². The van der Waals surface area contributed by atoms with Crippen LogP contribution in [0.25, 0.3) is 0 Å². The van der Waals surface area contributed by atoms with Crippen LogP contribution >= 0.6 is 12.2 Å². The second-order valence-electron chi connectivity index (χ2n) is 7.60. The first-order chi connectivity index (χ1) is 13.5. The van der Waals surface area contributed by atoms with Gasteiger partial charge >= 0.3 is 0 Å². The van der Waals surface area contributed by atoms with Crippen LogP contribution in [0.1, 0.15) is 71.6 Å². The zero-order valence-corrected chi connectivity index (χ0v) is 18.1. The van der Waals surface area contributed by atoms with Crippen molar-refractivity contribution in [2.24, 2.45) is 11.8 Å². The fourth-order valence-electron chi connectivity index (χ4n) is 3.31. The van der Waals surface area contributed by atoms with Crippen molar-refractivity contribution in [1.29, 1.82) is 0 Å². The number of hydrogen-bond donors (Lipinski definition) is 2. The molecule has 1 amide bonds. The number of carbonyl (C=O) groups excluding carboxylic acids is 2. The average Bonchev–Trinajstić information content (AvgIpc) is 2.70. The summed E-state index contributed by atoms with van der Waals surface area (Å²) in [5.74, 6) is 1.02. The Morgan fingerprint density at radius 3 is 2.39 bits per heavy atom. The van der Waals surface area contributed by atoms with Crippen LogP contribution in [0, 0.1) is 11.8 Å². The number of para-hydroxylation sites is 1. The van der Waals surface area contributed by atoms with Crippen molar-refractivity contribution < 1.29 is 14.7 Å². The highest BCUT2D eigenvalue weighted by atomic mass is 32.1.